The molecular weight excluding hydrogens is 383 g/mol. The number of nitrogens with one attached hydrogen (secondary N) is 2. The Morgan fingerprint density at radius 1 is 1.17 bits per heavy atom. The maximum absolute atomic E-state index is 12.8. The van der Waals surface area contributed by atoms with Crippen LogP contribution in [0.15, 0.2) is 48.7 Å². The minimum Gasteiger partial charge on any atom is -0.453 e. The average Bonchev–Trinajstić information content (AvgIpc) is 3.11. The summed E-state index contributed by atoms with van der Waals surface area (Å²) in [5, 5.41) is 9.06. The molecule has 0 radical (unpaired) electrons. The summed E-state index contributed by atoms with van der Waals surface area (Å²) in [4.78, 5) is 12.4. The number of aromatic amines is 1. The zero-order valence-electron chi connectivity index (χ0n) is 15.9. The summed E-state index contributed by atoms with van der Waals surface area (Å²) in [7, 11) is 0. The summed E-state index contributed by atoms with van der Waals surface area (Å²) in [6, 6.07) is 10.5. The number of aryl methyl sites for hydroxylation is 2. The molecule has 0 bridgehead atoms. The molecule has 5 nitrogen and oxygen atoms in total. The maximum Gasteiger partial charge on any atom is 0.416 e. The number of carbonyl (C=O) groups excluding carboxylic acids is 1. The molecule has 2 aromatic carbocycles. The summed E-state index contributed by atoms with van der Waals surface area (Å²) in [5.41, 5.74) is 2.65. The highest BCUT2D eigenvalue weighted by molar-refractivity contribution is 5.94. The molecule has 0 fully saturated rings. The molecule has 0 aliphatic carbocycles. The topological polar surface area (TPSA) is 67.0 Å². The van der Waals surface area contributed by atoms with Gasteiger partial charge in [-0.2, -0.15) is 18.3 Å². The summed E-state index contributed by atoms with van der Waals surface area (Å²) in [6.45, 7) is 4.42. The quantitative estimate of drug-likeness (QED) is 0.621. The van der Waals surface area contributed by atoms with Gasteiger partial charge >= 0.3 is 6.18 Å². The molecule has 0 saturated heterocycles. The van der Waals surface area contributed by atoms with Crippen LogP contribution in [-0.2, 0) is 12.6 Å². The molecule has 2 N–H and O–H groups in total. The van der Waals surface area contributed by atoms with E-state index in [0.717, 1.165) is 23.3 Å². The molecule has 3 aromatic rings. The van der Waals surface area contributed by atoms with Gasteiger partial charge in [-0.15, -0.1) is 0 Å². The van der Waals surface area contributed by atoms with Gasteiger partial charge in [-0.05, 0) is 49.6 Å². The van der Waals surface area contributed by atoms with Crippen LogP contribution >= 0.6 is 0 Å². The van der Waals surface area contributed by atoms with E-state index in [-0.39, 0.29) is 17.2 Å². The Kier molecular flexibility index (Phi) is 5.91. The summed E-state index contributed by atoms with van der Waals surface area (Å²) in [5.74, 6) is -0.437. The third kappa shape index (κ3) is 5.16. The molecule has 8 heteroatoms. The second-order valence-electron chi connectivity index (χ2n) is 6.67. The number of aromatic nitrogens is 2. The molecule has 0 aliphatic rings. The summed E-state index contributed by atoms with van der Waals surface area (Å²) >= 11 is 0. The van der Waals surface area contributed by atoms with Gasteiger partial charge in [0.1, 0.15) is 5.75 Å². The minimum absolute atomic E-state index is 0.0365. The van der Waals surface area contributed by atoms with Gasteiger partial charge in [0.2, 0.25) is 0 Å². The van der Waals surface area contributed by atoms with Crippen LogP contribution in [0, 0.1) is 13.8 Å². The molecule has 3 rings (SSSR count). The number of halogens is 3. The zero-order valence-corrected chi connectivity index (χ0v) is 15.9. The van der Waals surface area contributed by atoms with E-state index in [1.807, 2.05) is 26.0 Å². The highest BCUT2D eigenvalue weighted by Gasteiger charge is 2.30. The van der Waals surface area contributed by atoms with Crippen LogP contribution < -0.4 is 10.1 Å². The van der Waals surface area contributed by atoms with Gasteiger partial charge in [0, 0.05) is 6.54 Å². The zero-order chi connectivity index (χ0) is 21.0. The van der Waals surface area contributed by atoms with E-state index >= 15 is 0 Å². The molecule has 1 amide bonds. The van der Waals surface area contributed by atoms with Crippen molar-refractivity contribution < 1.29 is 22.7 Å². The van der Waals surface area contributed by atoms with E-state index in [2.05, 4.69) is 21.6 Å². The standard InChI is InChI=1S/C21H20F3N3O2/c1-13-6-7-15(14(2)10-13)8-9-25-20(28)19-18(12-26-27-19)29-17-5-3-4-16(11-17)21(22,23)24/h3-7,10-12H,8-9H2,1-2H3,(H,25,28)(H,26,27). The van der Waals surface area contributed by atoms with Crippen molar-refractivity contribution in [2.75, 3.05) is 6.54 Å². The van der Waals surface area contributed by atoms with Gasteiger partial charge in [-0.3, -0.25) is 9.89 Å². The fourth-order valence-electron chi connectivity index (χ4n) is 2.90. The van der Waals surface area contributed by atoms with Crippen LogP contribution in [0.25, 0.3) is 0 Å². The second kappa shape index (κ2) is 8.38. The number of ether oxygens (including phenoxy) is 1. The van der Waals surface area contributed by atoms with Crippen molar-refractivity contribution >= 4 is 5.91 Å². The Morgan fingerprint density at radius 3 is 2.69 bits per heavy atom. The van der Waals surface area contributed by atoms with Crippen molar-refractivity contribution in [2.24, 2.45) is 0 Å². The van der Waals surface area contributed by atoms with Crippen LogP contribution in [0.1, 0.15) is 32.7 Å². The number of nitrogens with zero attached hydrogens (tertiary/aromatic N) is 1. The van der Waals surface area contributed by atoms with Gasteiger partial charge < -0.3 is 10.1 Å². The molecule has 0 spiro atoms. The number of rotatable bonds is 6. The second-order valence-corrected chi connectivity index (χ2v) is 6.67. The van der Waals surface area contributed by atoms with Gasteiger partial charge in [0.15, 0.2) is 11.4 Å². The lowest BCUT2D eigenvalue weighted by molar-refractivity contribution is -0.137. The molecule has 0 aliphatic heterocycles. The number of hydrogen-bond donors (Lipinski definition) is 2. The molecule has 0 unspecified atom stereocenters. The van der Waals surface area contributed by atoms with E-state index in [1.54, 1.807) is 0 Å². The van der Waals surface area contributed by atoms with Crippen molar-refractivity contribution in [3.63, 3.8) is 0 Å². The van der Waals surface area contributed by atoms with Gasteiger partial charge in [-0.25, -0.2) is 0 Å². The van der Waals surface area contributed by atoms with Crippen LogP contribution in [0.4, 0.5) is 13.2 Å². The number of hydrogen-bond acceptors (Lipinski definition) is 3. The molecule has 152 valence electrons. The lowest BCUT2D eigenvalue weighted by Gasteiger charge is -2.11. The third-order valence-corrected chi connectivity index (χ3v) is 4.40. The Hall–Kier alpha value is -3.29. The third-order valence-electron chi connectivity index (χ3n) is 4.40. The molecule has 29 heavy (non-hydrogen) atoms. The molecule has 1 aromatic heterocycles. The highest BCUT2D eigenvalue weighted by atomic mass is 19.4. The minimum atomic E-state index is -4.48. The fraction of sp³-hybridized carbons (Fsp3) is 0.238. The first-order valence-corrected chi connectivity index (χ1v) is 8.97. The van der Waals surface area contributed by atoms with E-state index in [0.29, 0.717) is 13.0 Å². The highest BCUT2D eigenvalue weighted by Crippen LogP contribution is 2.33. The van der Waals surface area contributed by atoms with Crippen molar-refractivity contribution in [3.8, 4) is 11.5 Å². The SMILES string of the molecule is Cc1ccc(CCNC(=O)c2[nH]ncc2Oc2cccc(C(F)(F)F)c2)c(C)c1. The van der Waals surface area contributed by atoms with Crippen molar-refractivity contribution in [2.45, 2.75) is 26.4 Å². The number of amides is 1. The largest absolute Gasteiger partial charge is 0.453 e. The Bertz CT molecular complexity index is 1010. The lowest BCUT2D eigenvalue weighted by atomic mass is 10.0. The number of H-pyrrole nitrogens is 1. The predicted molar refractivity (Wildman–Crippen MR) is 102 cm³/mol. The molecular formula is C21H20F3N3O2. The summed E-state index contributed by atoms with van der Waals surface area (Å²) in [6.07, 6.45) is -2.58. The number of benzene rings is 2. The molecule has 0 saturated carbocycles. The summed E-state index contributed by atoms with van der Waals surface area (Å²) < 4.78 is 44.0. The van der Waals surface area contributed by atoms with Gasteiger partial charge in [0.05, 0.1) is 11.8 Å². The van der Waals surface area contributed by atoms with Crippen LogP contribution in [-0.4, -0.2) is 22.6 Å². The van der Waals surface area contributed by atoms with E-state index in [4.69, 9.17) is 4.74 Å². The molecule has 1 heterocycles. The van der Waals surface area contributed by atoms with E-state index in [9.17, 15) is 18.0 Å². The van der Waals surface area contributed by atoms with Crippen molar-refractivity contribution in [3.05, 3.63) is 76.6 Å². The predicted octanol–water partition coefficient (Wildman–Crippen LogP) is 4.81. The Balaban J connectivity index is 1.64. The average molecular weight is 403 g/mol. The maximum atomic E-state index is 12.8. The Labute approximate surface area is 165 Å². The van der Waals surface area contributed by atoms with E-state index < -0.39 is 17.6 Å². The van der Waals surface area contributed by atoms with Crippen molar-refractivity contribution in [1.29, 1.82) is 0 Å². The smallest absolute Gasteiger partial charge is 0.416 e. The normalized spacial score (nSPS) is 11.3. The lowest BCUT2D eigenvalue weighted by Crippen LogP contribution is -2.26. The van der Waals surface area contributed by atoms with Crippen LogP contribution in [0.5, 0.6) is 11.5 Å². The monoisotopic (exact) mass is 403 g/mol. The first kappa shape index (κ1) is 20.4. The Morgan fingerprint density at radius 2 is 1.97 bits per heavy atom. The number of alkyl halides is 3. The fourth-order valence-corrected chi connectivity index (χ4v) is 2.90. The van der Waals surface area contributed by atoms with E-state index in [1.165, 1.54) is 23.9 Å². The van der Waals surface area contributed by atoms with Gasteiger partial charge in [-0.1, -0.05) is 29.8 Å². The van der Waals surface area contributed by atoms with Crippen molar-refractivity contribution in [1.82, 2.24) is 15.5 Å². The number of carbonyl (C=O) groups is 1. The van der Waals surface area contributed by atoms with Crippen LogP contribution in [0.3, 0.4) is 0 Å². The first-order chi connectivity index (χ1) is 13.7. The molecule has 0 atom stereocenters. The first-order valence-electron chi connectivity index (χ1n) is 8.97. The van der Waals surface area contributed by atoms with Crippen LogP contribution in [0.2, 0.25) is 0 Å². The van der Waals surface area contributed by atoms with Gasteiger partial charge in [0.25, 0.3) is 5.91 Å².